The van der Waals surface area contributed by atoms with Gasteiger partial charge in [-0.05, 0) is 91.0 Å². The van der Waals surface area contributed by atoms with Gasteiger partial charge in [-0.25, -0.2) is 26.8 Å². The van der Waals surface area contributed by atoms with Crippen LogP contribution in [0.3, 0.4) is 0 Å². The molecule has 3 N–H and O–H groups in total. The fourth-order valence-electron chi connectivity index (χ4n) is 5.13. The molecule has 0 bridgehead atoms. The van der Waals surface area contributed by atoms with E-state index in [0.717, 1.165) is 53.1 Å². The predicted octanol–water partition coefficient (Wildman–Crippen LogP) is 6.27. The van der Waals surface area contributed by atoms with Gasteiger partial charge in [0.05, 0.1) is 38.2 Å². The van der Waals surface area contributed by atoms with Crippen molar-refractivity contribution in [1.29, 1.82) is 0 Å². The molecule has 2 aromatic heterocycles. The van der Waals surface area contributed by atoms with Crippen LogP contribution in [0.25, 0.3) is 0 Å². The van der Waals surface area contributed by atoms with Crippen molar-refractivity contribution in [2.45, 2.75) is 22.6 Å². The van der Waals surface area contributed by atoms with Crippen molar-refractivity contribution in [1.82, 2.24) is 28.3 Å². The molecule has 0 saturated heterocycles. The number of benzene rings is 4. The number of aromatic nitrogens is 4. The largest absolute Gasteiger partial charge is 0.497 e. The fourth-order valence-corrected chi connectivity index (χ4v) is 8.29. The highest BCUT2D eigenvalue weighted by Gasteiger charge is 2.20. The molecule has 0 aliphatic carbocycles. The van der Waals surface area contributed by atoms with Crippen molar-refractivity contribution < 1.29 is 35.8 Å². The minimum Gasteiger partial charge on any atom is -0.497 e. The van der Waals surface area contributed by atoms with Crippen LogP contribution in [0.4, 0.5) is 10.3 Å². The second kappa shape index (κ2) is 24.4. The summed E-state index contributed by atoms with van der Waals surface area (Å²) in [6.07, 6.45) is 1.32. The molecule has 0 radical (unpaired) electrons. The molecule has 61 heavy (non-hydrogen) atoms. The predicted molar refractivity (Wildman–Crippen MR) is 241 cm³/mol. The maximum Gasteiger partial charge on any atom is 0.261 e. The van der Waals surface area contributed by atoms with Gasteiger partial charge < -0.3 is 34.9 Å². The molecular weight excluding hydrogens is 884 g/mol. The lowest BCUT2D eigenvalue weighted by Gasteiger charge is -2.17. The summed E-state index contributed by atoms with van der Waals surface area (Å²) in [5.41, 5.74) is 2.21. The molecule has 6 rings (SSSR count). The maximum atomic E-state index is 12.7. The van der Waals surface area contributed by atoms with Gasteiger partial charge in [-0.15, -0.1) is 0 Å². The molecule has 328 valence electrons. The SMILES string of the molecule is CNCCNc1nc(Cc2cccc(OC)c2)ns1.COc1ccc(S(=O)(=O)Cl)cc1.COc1ccc(S(=O)(=O)N(C)CCNc2nc(Cc3cccc(OC)c3)ns2)cc1. The Balaban J connectivity index is 0.000000224. The molecule has 0 amide bonds. The number of hydrogen-bond donors (Lipinski definition) is 3. The quantitative estimate of drug-likeness (QED) is 0.0607. The van der Waals surface area contributed by atoms with Crippen LogP contribution in [0.2, 0.25) is 0 Å². The van der Waals surface area contributed by atoms with Gasteiger partial charge in [0.25, 0.3) is 9.05 Å². The highest BCUT2D eigenvalue weighted by molar-refractivity contribution is 8.13. The van der Waals surface area contributed by atoms with Gasteiger partial charge in [0, 0.05) is 79.8 Å². The van der Waals surface area contributed by atoms with E-state index in [2.05, 4.69) is 40.7 Å². The van der Waals surface area contributed by atoms with Crippen molar-refractivity contribution >= 4 is 63.1 Å². The molecule has 0 fully saturated rings. The average molecular weight is 934 g/mol. The van der Waals surface area contributed by atoms with Gasteiger partial charge >= 0.3 is 0 Å². The summed E-state index contributed by atoms with van der Waals surface area (Å²) >= 11 is 2.65. The Morgan fingerprint density at radius 1 is 0.607 bits per heavy atom. The molecule has 0 aliphatic heterocycles. The summed E-state index contributed by atoms with van der Waals surface area (Å²) in [5.74, 6) is 4.40. The lowest BCUT2D eigenvalue weighted by Crippen LogP contribution is -2.31. The first-order chi connectivity index (χ1) is 29.3. The topological polar surface area (TPSA) is 196 Å². The zero-order chi connectivity index (χ0) is 44.3. The van der Waals surface area contributed by atoms with E-state index in [4.69, 9.17) is 29.6 Å². The van der Waals surface area contributed by atoms with Gasteiger partial charge in [0.2, 0.25) is 20.3 Å². The first kappa shape index (κ1) is 48.6. The van der Waals surface area contributed by atoms with Crippen LogP contribution >= 0.6 is 33.7 Å². The third-order valence-electron chi connectivity index (χ3n) is 8.39. The number of anilines is 2. The van der Waals surface area contributed by atoms with E-state index >= 15 is 0 Å². The highest BCUT2D eigenvalue weighted by atomic mass is 35.7. The van der Waals surface area contributed by atoms with E-state index in [-0.39, 0.29) is 9.79 Å². The fraction of sp³-hybridized carbons (Fsp3) is 0.300. The lowest BCUT2D eigenvalue weighted by molar-refractivity contribution is 0.414. The Hall–Kier alpha value is -5.09. The Kier molecular flexibility index (Phi) is 19.4. The van der Waals surface area contributed by atoms with Crippen molar-refractivity contribution in [3.05, 3.63) is 120 Å². The number of hydrogen-bond acceptors (Lipinski definition) is 17. The normalized spacial score (nSPS) is 11.1. The minimum atomic E-state index is -3.61. The standard InChI is InChI=1S/C20H24N4O4S2.C13H18N4OS.C7H7ClO3S/c1-24(30(25,26)18-9-7-16(27-2)8-10-18)12-11-21-20-22-19(23-29-20)14-15-5-4-6-17(13-15)28-3;1-14-6-7-15-13-16-12(17-19-13)9-10-4-3-5-11(8-10)18-2;1-11-6-2-4-7(5-3-6)12(8,9)10/h4-10,13H,11-12,14H2,1-3H3,(H,21,22,23);3-5,8,14H,6-7,9H2,1-2H3,(H,15,16,17);2-5H,1H3. The molecule has 0 aliphatic rings. The van der Waals surface area contributed by atoms with Crippen LogP contribution < -0.4 is 34.9 Å². The summed E-state index contributed by atoms with van der Waals surface area (Å²) in [7, 11) is 7.73. The molecule has 0 unspecified atom stereocenters. The van der Waals surface area contributed by atoms with Crippen molar-refractivity contribution in [3.63, 3.8) is 0 Å². The summed E-state index contributed by atoms with van der Waals surface area (Å²) in [6.45, 7) is 2.47. The average Bonchev–Trinajstić information content (AvgIpc) is 3.92. The van der Waals surface area contributed by atoms with Gasteiger partial charge in [-0.3, -0.25) is 0 Å². The van der Waals surface area contributed by atoms with Crippen molar-refractivity contribution in [2.75, 3.05) is 79.3 Å². The smallest absolute Gasteiger partial charge is 0.261 e. The number of nitrogens with one attached hydrogen (secondary N) is 3. The highest BCUT2D eigenvalue weighted by Crippen LogP contribution is 2.22. The summed E-state index contributed by atoms with van der Waals surface area (Å²) in [5, 5.41) is 11.0. The molecule has 0 saturated carbocycles. The number of nitrogens with zero attached hydrogens (tertiary/aromatic N) is 5. The second-order valence-corrected chi connectivity index (χ2v) is 18.8. The van der Waals surface area contributed by atoms with E-state index in [1.54, 1.807) is 33.4 Å². The third-order valence-corrected chi connectivity index (χ3v) is 13.1. The maximum absolute atomic E-state index is 12.7. The zero-order valence-electron chi connectivity index (χ0n) is 34.5. The second-order valence-electron chi connectivity index (χ2n) is 12.7. The zero-order valence-corrected chi connectivity index (χ0v) is 38.5. The van der Waals surface area contributed by atoms with E-state index in [0.29, 0.717) is 42.0 Å². The van der Waals surface area contributed by atoms with Crippen LogP contribution in [0.1, 0.15) is 22.8 Å². The van der Waals surface area contributed by atoms with Gasteiger partial charge in [-0.2, -0.15) is 13.1 Å². The summed E-state index contributed by atoms with van der Waals surface area (Å²) < 4.78 is 77.2. The Labute approximate surface area is 370 Å². The number of rotatable bonds is 19. The molecule has 2 heterocycles. The first-order valence-electron chi connectivity index (χ1n) is 18.5. The number of ether oxygens (including phenoxy) is 4. The van der Waals surface area contributed by atoms with E-state index in [1.165, 1.54) is 78.0 Å². The van der Waals surface area contributed by atoms with Gasteiger partial charge in [-0.1, -0.05) is 24.3 Å². The van der Waals surface area contributed by atoms with Gasteiger partial charge in [0.1, 0.15) is 34.6 Å². The molecule has 6 aromatic rings. The molecule has 16 nitrogen and oxygen atoms in total. The van der Waals surface area contributed by atoms with E-state index < -0.39 is 19.1 Å². The minimum absolute atomic E-state index is 0.0740. The number of halogens is 1. The lowest BCUT2D eigenvalue weighted by atomic mass is 10.1. The Morgan fingerprint density at radius 3 is 1.48 bits per heavy atom. The molecule has 0 atom stereocenters. The first-order valence-corrected chi connectivity index (χ1v) is 23.8. The van der Waals surface area contributed by atoms with Crippen LogP contribution in [-0.4, -0.2) is 109 Å². The molecular formula is C40H49ClN8O8S4. The molecule has 4 aromatic carbocycles. The van der Waals surface area contributed by atoms with E-state index in [9.17, 15) is 16.8 Å². The number of methoxy groups -OCH3 is 4. The van der Waals surface area contributed by atoms with Crippen LogP contribution in [0, 0.1) is 0 Å². The number of sulfonamides is 1. The van der Waals surface area contributed by atoms with Gasteiger partial charge in [0.15, 0.2) is 0 Å². The summed E-state index contributed by atoms with van der Waals surface area (Å²) in [6, 6.07) is 27.9. The number of likely N-dealkylation sites (N-methyl/N-ethyl adjacent to an activating group) is 2. The molecule has 21 heteroatoms. The third kappa shape index (κ3) is 16.0. The Bertz CT molecular complexity index is 2460. The van der Waals surface area contributed by atoms with Crippen LogP contribution in [-0.2, 0) is 31.9 Å². The molecule has 0 spiro atoms. The van der Waals surface area contributed by atoms with Crippen LogP contribution in [0.15, 0.2) is 107 Å². The van der Waals surface area contributed by atoms with Crippen molar-refractivity contribution in [2.24, 2.45) is 0 Å². The van der Waals surface area contributed by atoms with Crippen molar-refractivity contribution in [3.8, 4) is 23.0 Å². The Morgan fingerprint density at radius 2 is 1.05 bits per heavy atom. The summed E-state index contributed by atoms with van der Waals surface area (Å²) in [4.78, 5) is 9.23. The van der Waals surface area contributed by atoms with E-state index in [1.807, 2.05) is 49.5 Å². The monoisotopic (exact) mass is 932 g/mol. The van der Waals surface area contributed by atoms with Crippen LogP contribution in [0.5, 0.6) is 23.0 Å².